The van der Waals surface area contributed by atoms with E-state index in [9.17, 15) is 10.1 Å². The van der Waals surface area contributed by atoms with Crippen LogP contribution in [0.3, 0.4) is 0 Å². The topological polar surface area (TPSA) is 55.2 Å². The molecule has 1 aromatic carbocycles. The van der Waals surface area contributed by atoms with Crippen LogP contribution in [0.4, 0.5) is 10.7 Å². The van der Waals surface area contributed by atoms with Gasteiger partial charge in [-0.15, -0.1) is 0 Å². The number of benzene rings is 1. The van der Waals surface area contributed by atoms with Crippen molar-refractivity contribution in [3.05, 3.63) is 54.5 Å². The van der Waals surface area contributed by atoms with Crippen LogP contribution in [-0.2, 0) is 6.54 Å². The first-order chi connectivity index (χ1) is 8.56. The zero-order valence-corrected chi connectivity index (χ0v) is 12.6. The van der Waals surface area contributed by atoms with Gasteiger partial charge in [0.15, 0.2) is 0 Å². The van der Waals surface area contributed by atoms with Gasteiger partial charge < -0.3 is 5.32 Å². The number of rotatable bonds is 4. The molecule has 0 fully saturated rings. The van der Waals surface area contributed by atoms with Gasteiger partial charge in [-0.05, 0) is 53.3 Å². The fourth-order valence-electron chi connectivity index (χ4n) is 1.53. The second-order valence-electron chi connectivity index (χ2n) is 3.81. The average molecular weight is 374 g/mol. The molecule has 0 bridgehead atoms. The normalized spacial score (nSPS) is 10.3. The van der Waals surface area contributed by atoms with E-state index in [0.717, 1.165) is 14.1 Å². The molecule has 2 aromatic rings. The summed E-state index contributed by atoms with van der Waals surface area (Å²) >= 11 is 3.47. The highest BCUT2D eigenvalue weighted by Crippen LogP contribution is 2.25. The molecule has 0 saturated heterocycles. The van der Waals surface area contributed by atoms with Crippen molar-refractivity contribution in [2.75, 3.05) is 5.32 Å². The second-order valence-corrected chi connectivity index (χ2v) is 6.20. The van der Waals surface area contributed by atoms with Crippen LogP contribution in [0.15, 0.2) is 30.3 Å². The lowest BCUT2D eigenvalue weighted by atomic mass is 10.2. The lowest BCUT2D eigenvalue weighted by Crippen LogP contribution is -1.99. The van der Waals surface area contributed by atoms with Gasteiger partial charge in [0.2, 0.25) is 0 Å². The van der Waals surface area contributed by atoms with Gasteiger partial charge in [-0.1, -0.05) is 17.4 Å². The van der Waals surface area contributed by atoms with E-state index >= 15 is 0 Å². The SMILES string of the molecule is Cc1ccc(I)cc1NCc1ccc([N+](=O)[O-])s1. The summed E-state index contributed by atoms with van der Waals surface area (Å²) in [5.41, 5.74) is 2.24. The van der Waals surface area contributed by atoms with Crippen molar-refractivity contribution in [1.29, 1.82) is 0 Å². The zero-order valence-electron chi connectivity index (χ0n) is 9.64. The lowest BCUT2D eigenvalue weighted by Gasteiger charge is -2.08. The monoisotopic (exact) mass is 374 g/mol. The summed E-state index contributed by atoms with van der Waals surface area (Å²) < 4.78 is 1.16. The van der Waals surface area contributed by atoms with Gasteiger partial charge in [0.05, 0.1) is 4.92 Å². The minimum Gasteiger partial charge on any atom is -0.380 e. The fraction of sp³-hybridized carbons (Fsp3) is 0.167. The van der Waals surface area contributed by atoms with Gasteiger partial charge in [0, 0.05) is 26.7 Å². The number of nitrogens with zero attached hydrogens (tertiary/aromatic N) is 1. The summed E-state index contributed by atoms with van der Waals surface area (Å²) in [4.78, 5) is 11.2. The maximum absolute atomic E-state index is 10.6. The maximum Gasteiger partial charge on any atom is 0.324 e. The molecule has 18 heavy (non-hydrogen) atoms. The van der Waals surface area contributed by atoms with Crippen LogP contribution in [0.1, 0.15) is 10.4 Å². The van der Waals surface area contributed by atoms with E-state index in [-0.39, 0.29) is 9.92 Å². The first kappa shape index (κ1) is 13.3. The zero-order chi connectivity index (χ0) is 13.1. The molecule has 1 heterocycles. The van der Waals surface area contributed by atoms with Crippen LogP contribution in [0.25, 0.3) is 0 Å². The van der Waals surface area contributed by atoms with E-state index in [1.165, 1.54) is 16.9 Å². The average Bonchev–Trinajstić information content (AvgIpc) is 2.79. The van der Waals surface area contributed by atoms with E-state index < -0.39 is 0 Å². The molecule has 0 aliphatic heterocycles. The molecule has 0 aliphatic carbocycles. The summed E-state index contributed by atoms with van der Waals surface area (Å²) in [7, 11) is 0. The molecule has 2 rings (SSSR count). The Labute approximate surface area is 122 Å². The summed E-state index contributed by atoms with van der Waals surface area (Å²) in [6.07, 6.45) is 0. The van der Waals surface area contributed by atoms with E-state index in [2.05, 4.69) is 46.1 Å². The minimum atomic E-state index is -0.356. The van der Waals surface area contributed by atoms with Gasteiger partial charge in [0.1, 0.15) is 0 Å². The number of hydrogen-bond donors (Lipinski definition) is 1. The highest BCUT2D eigenvalue weighted by Gasteiger charge is 2.09. The molecular weight excluding hydrogens is 363 g/mol. The molecule has 1 aromatic heterocycles. The fourth-order valence-corrected chi connectivity index (χ4v) is 2.78. The van der Waals surface area contributed by atoms with E-state index in [4.69, 9.17) is 0 Å². The molecule has 94 valence electrons. The maximum atomic E-state index is 10.6. The molecule has 4 nitrogen and oxygen atoms in total. The summed E-state index contributed by atoms with van der Waals surface area (Å²) in [5, 5.41) is 14.1. The van der Waals surface area contributed by atoms with Crippen LogP contribution < -0.4 is 5.32 Å². The highest BCUT2D eigenvalue weighted by molar-refractivity contribution is 14.1. The van der Waals surface area contributed by atoms with Gasteiger partial charge in [-0.2, -0.15) is 0 Å². The lowest BCUT2D eigenvalue weighted by molar-refractivity contribution is -0.380. The number of nitro groups is 1. The van der Waals surface area contributed by atoms with Crippen LogP contribution >= 0.6 is 33.9 Å². The third kappa shape index (κ3) is 3.20. The van der Waals surface area contributed by atoms with Crippen molar-refractivity contribution in [2.24, 2.45) is 0 Å². The molecule has 1 N–H and O–H groups in total. The van der Waals surface area contributed by atoms with Crippen molar-refractivity contribution in [2.45, 2.75) is 13.5 Å². The van der Waals surface area contributed by atoms with Crippen molar-refractivity contribution in [3.63, 3.8) is 0 Å². The summed E-state index contributed by atoms with van der Waals surface area (Å²) in [5.74, 6) is 0. The molecule has 0 unspecified atom stereocenters. The van der Waals surface area contributed by atoms with Crippen molar-refractivity contribution in [1.82, 2.24) is 0 Å². The molecule has 0 saturated carbocycles. The van der Waals surface area contributed by atoms with Gasteiger partial charge >= 0.3 is 5.00 Å². The predicted molar refractivity (Wildman–Crippen MR) is 82.2 cm³/mol. The number of anilines is 1. The standard InChI is InChI=1S/C12H11IN2O2S/c1-8-2-3-9(13)6-11(8)14-7-10-4-5-12(18-10)15(16)17/h2-6,14H,7H2,1H3. The molecule has 0 amide bonds. The quantitative estimate of drug-likeness (QED) is 0.496. The molecule has 0 spiro atoms. The Kier molecular flexibility index (Phi) is 4.18. The van der Waals surface area contributed by atoms with Crippen LogP contribution in [0, 0.1) is 20.6 Å². The van der Waals surface area contributed by atoms with Gasteiger partial charge in [-0.25, -0.2) is 0 Å². The Hall–Kier alpha value is -1.15. The smallest absolute Gasteiger partial charge is 0.324 e. The molecule has 0 radical (unpaired) electrons. The Bertz CT molecular complexity index is 583. The van der Waals surface area contributed by atoms with Crippen molar-refractivity contribution in [3.8, 4) is 0 Å². The number of halogens is 1. The van der Waals surface area contributed by atoms with Crippen LogP contribution in [-0.4, -0.2) is 4.92 Å². The first-order valence-electron chi connectivity index (χ1n) is 5.29. The molecule has 6 heteroatoms. The summed E-state index contributed by atoms with van der Waals surface area (Å²) in [6.45, 7) is 2.65. The number of aryl methyl sites for hydroxylation is 1. The van der Waals surface area contributed by atoms with E-state index in [1.807, 2.05) is 6.92 Å². The second kappa shape index (κ2) is 5.66. The predicted octanol–water partition coefficient (Wildman–Crippen LogP) is 4.18. The minimum absolute atomic E-state index is 0.186. The Morgan fingerprint density at radius 1 is 1.39 bits per heavy atom. The third-order valence-corrected chi connectivity index (χ3v) is 4.19. The Morgan fingerprint density at radius 2 is 2.17 bits per heavy atom. The van der Waals surface area contributed by atoms with Crippen LogP contribution in [0.2, 0.25) is 0 Å². The summed E-state index contributed by atoms with van der Waals surface area (Å²) in [6, 6.07) is 9.51. The Morgan fingerprint density at radius 3 is 2.83 bits per heavy atom. The van der Waals surface area contributed by atoms with E-state index in [1.54, 1.807) is 12.1 Å². The third-order valence-electron chi connectivity index (χ3n) is 2.48. The highest BCUT2D eigenvalue weighted by atomic mass is 127. The first-order valence-corrected chi connectivity index (χ1v) is 7.19. The van der Waals surface area contributed by atoms with Crippen molar-refractivity contribution < 1.29 is 4.92 Å². The number of nitrogens with one attached hydrogen (secondary N) is 1. The molecule has 0 aliphatic rings. The van der Waals surface area contributed by atoms with Gasteiger partial charge in [-0.3, -0.25) is 10.1 Å². The largest absolute Gasteiger partial charge is 0.380 e. The molecular formula is C12H11IN2O2S. The molecule has 0 atom stereocenters. The van der Waals surface area contributed by atoms with Gasteiger partial charge in [0.25, 0.3) is 0 Å². The van der Waals surface area contributed by atoms with E-state index in [0.29, 0.717) is 6.54 Å². The number of hydrogen-bond acceptors (Lipinski definition) is 4. The Balaban J connectivity index is 2.06. The number of thiophene rings is 1. The van der Waals surface area contributed by atoms with Crippen LogP contribution in [0.5, 0.6) is 0 Å². The van der Waals surface area contributed by atoms with Crippen molar-refractivity contribution >= 4 is 44.6 Å².